The molecule has 1 saturated heterocycles. The van der Waals surface area contributed by atoms with Crippen molar-refractivity contribution in [3.05, 3.63) is 118 Å². The van der Waals surface area contributed by atoms with Crippen LogP contribution in [0.3, 0.4) is 0 Å². The summed E-state index contributed by atoms with van der Waals surface area (Å²) in [5, 5.41) is 60.6. The van der Waals surface area contributed by atoms with Gasteiger partial charge in [-0.05, 0) is 78.7 Å². The van der Waals surface area contributed by atoms with Crippen LogP contribution in [0.4, 0.5) is 0 Å². The van der Waals surface area contributed by atoms with Crippen LogP contribution < -0.4 is 10.2 Å². The molecule has 0 unspecified atom stereocenters. The number of benzene rings is 4. The van der Waals surface area contributed by atoms with Gasteiger partial charge in [0.25, 0.3) is 0 Å². The molecule has 272 valence electrons. The smallest absolute Gasteiger partial charge is 0.331 e. The van der Waals surface area contributed by atoms with Crippen LogP contribution in [0.25, 0.3) is 34.4 Å². The van der Waals surface area contributed by atoms with Gasteiger partial charge in [0.15, 0.2) is 11.9 Å². The molecule has 0 amide bonds. The van der Waals surface area contributed by atoms with Gasteiger partial charge < -0.3 is 54.0 Å². The van der Waals surface area contributed by atoms with Crippen LogP contribution in [0.1, 0.15) is 18.1 Å². The standard InChI is InChI=1S/C39H32O14/c1-20-33(47)36(51-30(45)16-6-21-2-10-24(40)11-3-21)38(52-31(46)17-7-22-4-12-25(41)13-5-22)39(49-20)53-37-34(48)32-28(44)18-27(43)19-29(32)50-35(37)23-8-14-26(42)15-9-23/h2-20,33,36,38-44,47H,1H3/b16-6+,17-7?/t20-,33-,36+,38+,39-/m0/s1. The molecule has 1 aliphatic heterocycles. The summed E-state index contributed by atoms with van der Waals surface area (Å²) in [5.41, 5.74) is 0.103. The Morgan fingerprint density at radius 2 is 1.21 bits per heavy atom. The van der Waals surface area contributed by atoms with Crippen molar-refractivity contribution in [3.63, 3.8) is 0 Å². The third-order valence-corrected chi connectivity index (χ3v) is 8.15. The van der Waals surface area contributed by atoms with Crippen LogP contribution in [0.15, 0.2) is 106 Å². The summed E-state index contributed by atoms with van der Waals surface area (Å²) in [7, 11) is 0. The van der Waals surface area contributed by atoms with Crippen LogP contribution in [0, 0.1) is 0 Å². The van der Waals surface area contributed by atoms with Gasteiger partial charge in [0, 0.05) is 29.8 Å². The Bertz CT molecular complexity index is 2240. The monoisotopic (exact) mass is 724 g/mol. The van der Waals surface area contributed by atoms with E-state index in [1.54, 1.807) is 12.1 Å². The first-order valence-electron chi connectivity index (χ1n) is 16.0. The Morgan fingerprint density at radius 1 is 0.698 bits per heavy atom. The SMILES string of the molecule is C[C@@H]1O[C@@H](Oc2c(-c3ccc(O)cc3)oc3cc(O)cc(O)c3c2=O)[C@H](OC(=O)C=Cc2ccc(O)cc2)[C@H](OC(=O)/C=C/c2ccc(O)cc2)[C@H]1O. The molecule has 14 nitrogen and oxygen atoms in total. The molecule has 6 rings (SSSR count). The van der Waals surface area contributed by atoms with Gasteiger partial charge in [0.2, 0.25) is 23.6 Å². The molecule has 5 aromatic rings. The van der Waals surface area contributed by atoms with Gasteiger partial charge in [-0.3, -0.25) is 4.79 Å². The second kappa shape index (κ2) is 15.2. The highest BCUT2D eigenvalue weighted by molar-refractivity contribution is 5.89. The summed E-state index contributed by atoms with van der Waals surface area (Å²) < 4.78 is 29.3. The number of hydrogen-bond donors (Lipinski definition) is 6. The van der Waals surface area contributed by atoms with E-state index in [0.717, 1.165) is 24.3 Å². The number of carbonyl (C=O) groups is 2. The number of ether oxygens (including phenoxy) is 4. The lowest BCUT2D eigenvalue weighted by Gasteiger charge is -2.41. The number of phenols is 5. The fourth-order valence-electron chi connectivity index (χ4n) is 5.48. The maximum atomic E-state index is 14.0. The molecule has 14 heteroatoms. The predicted molar refractivity (Wildman–Crippen MR) is 188 cm³/mol. The van der Waals surface area contributed by atoms with E-state index >= 15 is 0 Å². The summed E-state index contributed by atoms with van der Waals surface area (Å²) in [6, 6.07) is 19.2. The minimum atomic E-state index is -1.76. The van der Waals surface area contributed by atoms with Gasteiger partial charge in [0.05, 0.1) is 6.10 Å². The number of phenolic OH excluding ortho intramolecular Hbond substituents is 5. The highest BCUT2D eigenvalue weighted by Crippen LogP contribution is 2.38. The molecule has 1 aromatic heterocycles. The zero-order chi connectivity index (χ0) is 37.8. The van der Waals surface area contributed by atoms with Crippen molar-refractivity contribution >= 4 is 35.1 Å². The Kier molecular flexibility index (Phi) is 10.4. The van der Waals surface area contributed by atoms with Crippen molar-refractivity contribution in [2.24, 2.45) is 0 Å². The van der Waals surface area contributed by atoms with Crippen LogP contribution in [0.2, 0.25) is 0 Å². The van der Waals surface area contributed by atoms with Crippen LogP contribution >= 0.6 is 0 Å². The number of aromatic hydroxyl groups is 5. The molecule has 0 saturated carbocycles. The van der Waals surface area contributed by atoms with E-state index in [2.05, 4.69) is 0 Å². The van der Waals surface area contributed by atoms with Crippen LogP contribution in [-0.2, 0) is 23.8 Å². The summed E-state index contributed by atoms with van der Waals surface area (Å²) in [6.45, 7) is 1.43. The molecule has 0 bridgehead atoms. The van der Waals surface area contributed by atoms with Crippen molar-refractivity contribution in [1.29, 1.82) is 0 Å². The lowest BCUT2D eigenvalue weighted by atomic mass is 9.99. The molecule has 5 atom stereocenters. The lowest BCUT2D eigenvalue weighted by molar-refractivity contribution is -0.276. The summed E-state index contributed by atoms with van der Waals surface area (Å²) >= 11 is 0. The van der Waals surface area contributed by atoms with Crippen molar-refractivity contribution in [2.45, 2.75) is 37.6 Å². The van der Waals surface area contributed by atoms with Gasteiger partial charge in [-0.25, -0.2) is 9.59 Å². The molecule has 1 fully saturated rings. The first-order chi connectivity index (χ1) is 25.4. The number of aliphatic hydroxyl groups excluding tert-OH is 1. The molecular formula is C39H32O14. The Hall–Kier alpha value is -6.77. The van der Waals surface area contributed by atoms with Gasteiger partial charge in [-0.2, -0.15) is 0 Å². The number of rotatable bonds is 9. The molecule has 1 aliphatic rings. The number of aliphatic hydroxyl groups is 1. The van der Waals surface area contributed by atoms with Crippen molar-refractivity contribution < 1.29 is 63.6 Å². The van der Waals surface area contributed by atoms with Crippen LogP contribution in [0.5, 0.6) is 34.5 Å². The fourth-order valence-corrected chi connectivity index (χ4v) is 5.48. The quantitative estimate of drug-likeness (QED) is 0.0894. The number of hydrogen-bond acceptors (Lipinski definition) is 14. The minimum absolute atomic E-state index is 0.00579. The average Bonchev–Trinajstić information content (AvgIpc) is 3.12. The zero-order valence-electron chi connectivity index (χ0n) is 27.7. The third-order valence-electron chi connectivity index (χ3n) is 8.15. The second-order valence-electron chi connectivity index (χ2n) is 11.9. The third kappa shape index (κ3) is 8.25. The number of carbonyl (C=O) groups excluding carboxylic acids is 2. The predicted octanol–water partition coefficient (Wildman–Crippen LogP) is 4.72. The molecule has 53 heavy (non-hydrogen) atoms. The summed E-state index contributed by atoms with van der Waals surface area (Å²) in [6.07, 6.45) is -3.00. The first-order valence-corrected chi connectivity index (χ1v) is 16.0. The van der Waals surface area contributed by atoms with Crippen molar-refractivity contribution in [2.75, 3.05) is 0 Å². The summed E-state index contributed by atoms with van der Waals surface area (Å²) in [4.78, 5) is 40.4. The molecule has 6 N–H and O–H groups in total. The van der Waals surface area contributed by atoms with E-state index in [-0.39, 0.29) is 39.5 Å². The van der Waals surface area contributed by atoms with E-state index < -0.39 is 65.3 Å². The highest BCUT2D eigenvalue weighted by Gasteiger charge is 2.50. The Morgan fingerprint density at radius 3 is 1.75 bits per heavy atom. The topological polar surface area (TPSA) is 223 Å². The summed E-state index contributed by atoms with van der Waals surface area (Å²) in [5.74, 6) is -3.89. The van der Waals surface area contributed by atoms with Crippen molar-refractivity contribution in [3.8, 4) is 45.8 Å². The normalized spacial score (nSPS) is 20.1. The van der Waals surface area contributed by atoms with E-state index in [1.807, 2.05) is 0 Å². The molecule has 0 aliphatic carbocycles. The largest absolute Gasteiger partial charge is 0.508 e. The molecule has 0 spiro atoms. The Labute approximate surface area is 300 Å². The van der Waals surface area contributed by atoms with Gasteiger partial charge in [0.1, 0.15) is 45.8 Å². The molecule has 2 heterocycles. The number of fused-ring (bicyclic) bond motifs is 1. The maximum Gasteiger partial charge on any atom is 0.331 e. The van der Waals surface area contributed by atoms with E-state index in [4.69, 9.17) is 23.4 Å². The van der Waals surface area contributed by atoms with Gasteiger partial charge in [-0.15, -0.1) is 0 Å². The van der Waals surface area contributed by atoms with E-state index in [0.29, 0.717) is 11.1 Å². The van der Waals surface area contributed by atoms with Crippen LogP contribution in [-0.4, -0.2) is 73.3 Å². The van der Waals surface area contributed by atoms with E-state index in [9.17, 15) is 45.0 Å². The Balaban J connectivity index is 1.40. The fraction of sp³-hybridized carbons (Fsp3) is 0.154. The first kappa shape index (κ1) is 36.0. The average molecular weight is 725 g/mol. The second-order valence-corrected chi connectivity index (χ2v) is 11.9. The minimum Gasteiger partial charge on any atom is -0.508 e. The lowest BCUT2D eigenvalue weighted by Crippen LogP contribution is -2.61. The zero-order valence-corrected chi connectivity index (χ0v) is 27.7. The number of esters is 2. The molecule has 0 radical (unpaired) electrons. The molecular weight excluding hydrogens is 692 g/mol. The highest BCUT2D eigenvalue weighted by atomic mass is 16.7. The van der Waals surface area contributed by atoms with Crippen molar-refractivity contribution in [1.82, 2.24) is 0 Å². The van der Waals surface area contributed by atoms with Gasteiger partial charge >= 0.3 is 11.9 Å². The molecule has 4 aromatic carbocycles. The van der Waals surface area contributed by atoms with Gasteiger partial charge in [-0.1, -0.05) is 24.3 Å². The van der Waals surface area contributed by atoms with E-state index in [1.165, 1.54) is 79.7 Å². The maximum absolute atomic E-state index is 14.0.